The number of aromatic nitrogens is 1. The van der Waals surface area contributed by atoms with Crippen molar-refractivity contribution in [3.8, 4) is 0 Å². The van der Waals surface area contributed by atoms with E-state index in [0.29, 0.717) is 11.4 Å². The van der Waals surface area contributed by atoms with Gasteiger partial charge in [-0.3, -0.25) is 4.79 Å². The van der Waals surface area contributed by atoms with Crippen LogP contribution in [0, 0.1) is 0 Å². The zero-order chi connectivity index (χ0) is 12.9. The average Bonchev–Trinajstić information content (AvgIpc) is 2.74. The molecule has 1 rings (SSSR count). The zero-order valence-electron chi connectivity index (χ0n) is 10.6. The largest absolute Gasteiger partial charge is 0.387 e. The maximum atomic E-state index is 11.9. The molecule has 17 heavy (non-hydrogen) atoms. The highest BCUT2D eigenvalue weighted by molar-refractivity contribution is 7.98. The monoisotopic (exact) mass is 256 g/mol. The highest BCUT2D eigenvalue weighted by atomic mass is 32.2. The average molecular weight is 256 g/mol. The van der Waals surface area contributed by atoms with Gasteiger partial charge in [-0.2, -0.15) is 11.8 Å². The number of nitrogens with zero attached hydrogens (tertiary/aromatic N) is 1. The molecule has 5 heteroatoms. The van der Waals surface area contributed by atoms with Crippen molar-refractivity contribution in [3.63, 3.8) is 0 Å². The van der Waals surface area contributed by atoms with Crippen molar-refractivity contribution < 1.29 is 9.90 Å². The van der Waals surface area contributed by atoms with Crippen LogP contribution in [0.15, 0.2) is 18.3 Å². The van der Waals surface area contributed by atoms with Crippen LogP contribution < -0.4 is 5.32 Å². The molecule has 1 atom stereocenters. The zero-order valence-corrected chi connectivity index (χ0v) is 11.4. The second kappa shape index (κ2) is 6.12. The van der Waals surface area contributed by atoms with Crippen molar-refractivity contribution in [2.75, 3.05) is 18.6 Å². The van der Waals surface area contributed by atoms with Gasteiger partial charge in [-0.05, 0) is 32.2 Å². The van der Waals surface area contributed by atoms with Gasteiger partial charge in [0.1, 0.15) is 5.69 Å². The molecule has 0 radical (unpaired) electrons. The van der Waals surface area contributed by atoms with Crippen LogP contribution in [0.3, 0.4) is 0 Å². The van der Waals surface area contributed by atoms with Crippen molar-refractivity contribution in [1.82, 2.24) is 9.88 Å². The van der Waals surface area contributed by atoms with Gasteiger partial charge in [-0.15, -0.1) is 0 Å². The fraction of sp³-hybridized carbons (Fsp3) is 0.583. The van der Waals surface area contributed by atoms with E-state index < -0.39 is 5.60 Å². The number of aliphatic hydroxyl groups is 1. The first-order valence-electron chi connectivity index (χ1n) is 5.65. The molecule has 0 bridgehead atoms. The van der Waals surface area contributed by atoms with Crippen molar-refractivity contribution >= 4 is 17.7 Å². The third kappa shape index (κ3) is 4.09. The highest BCUT2D eigenvalue weighted by Crippen LogP contribution is 2.09. The van der Waals surface area contributed by atoms with Crippen LogP contribution >= 0.6 is 11.8 Å². The quantitative estimate of drug-likeness (QED) is 0.808. The molecule has 0 aliphatic carbocycles. The van der Waals surface area contributed by atoms with E-state index in [1.807, 2.05) is 30.0 Å². The molecule has 1 unspecified atom stereocenters. The molecule has 1 aromatic rings. The third-order valence-corrected chi connectivity index (χ3v) is 3.40. The lowest BCUT2D eigenvalue weighted by atomic mass is 10.1. The minimum atomic E-state index is -0.862. The van der Waals surface area contributed by atoms with E-state index in [4.69, 9.17) is 0 Å². The molecule has 0 saturated carbocycles. The molecule has 0 aliphatic rings. The van der Waals surface area contributed by atoms with Crippen molar-refractivity contribution in [1.29, 1.82) is 0 Å². The summed E-state index contributed by atoms with van der Waals surface area (Å²) in [5.74, 6) is 0.459. The summed E-state index contributed by atoms with van der Waals surface area (Å²) in [6.07, 6.45) is 3.80. The Bertz CT molecular complexity index is 374. The normalized spacial score (nSPS) is 14.4. The first kappa shape index (κ1) is 14.1. The minimum absolute atomic E-state index is 0.141. The Morgan fingerprint density at radius 1 is 1.65 bits per heavy atom. The summed E-state index contributed by atoms with van der Waals surface area (Å²) in [5.41, 5.74) is -0.230. The molecule has 0 aliphatic heterocycles. The number of aryl methyl sites for hydroxylation is 1. The summed E-state index contributed by atoms with van der Waals surface area (Å²) < 4.78 is 1.87. The Hall–Kier alpha value is -0.940. The lowest BCUT2D eigenvalue weighted by Gasteiger charge is -2.22. The summed E-state index contributed by atoms with van der Waals surface area (Å²) in [6.45, 7) is 4.74. The molecular formula is C12H20N2O2S. The molecule has 0 fully saturated rings. The van der Waals surface area contributed by atoms with Gasteiger partial charge >= 0.3 is 0 Å². The number of carbonyl (C=O) groups is 1. The first-order chi connectivity index (χ1) is 8.00. The first-order valence-corrected chi connectivity index (χ1v) is 7.04. The number of nitrogens with one attached hydrogen (secondary N) is 1. The van der Waals surface area contributed by atoms with E-state index in [1.165, 1.54) is 0 Å². The standard InChI is InChI=1S/C12H20N2O2S/c1-4-14-7-5-6-10(14)11(15)13-8-12(2,16)9-17-3/h5-7,16H,4,8-9H2,1-3H3,(H,13,15). The number of carbonyl (C=O) groups excluding carboxylic acids is 1. The molecule has 1 amide bonds. The summed E-state index contributed by atoms with van der Waals surface area (Å²) in [6, 6.07) is 3.63. The SMILES string of the molecule is CCn1cccc1C(=O)NCC(C)(O)CSC. The molecule has 1 aromatic heterocycles. The Labute approximate surface area is 106 Å². The maximum Gasteiger partial charge on any atom is 0.268 e. The fourth-order valence-corrected chi connectivity index (χ4v) is 2.34. The van der Waals surface area contributed by atoms with Crippen LogP contribution in [-0.2, 0) is 6.54 Å². The Kier molecular flexibility index (Phi) is 5.08. The van der Waals surface area contributed by atoms with Gasteiger partial charge in [-0.1, -0.05) is 0 Å². The van der Waals surface area contributed by atoms with Crippen LogP contribution in [0.4, 0.5) is 0 Å². The Morgan fingerprint density at radius 3 is 2.94 bits per heavy atom. The molecule has 2 N–H and O–H groups in total. The predicted molar refractivity (Wildman–Crippen MR) is 71.4 cm³/mol. The second-order valence-electron chi connectivity index (χ2n) is 4.29. The van der Waals surface area contributed by atoms with E-state index in [0.717, 1.165) is 6.54 Å². The van der Waals surface area contributed by atoms with Gasteiger partial charge in [0.05, 0.1) is 5.60 Å². The van der Waals surface area contributed by atoms with Gasteiger partial charge in [0.15, 0.2) is 0 Å². The molecule has 96 valence electrons. The van der Waals surface area contributed by atoms with Gasteiger partial charge in [0.25, 0.3) is 5.91 Å². The number of hydrogen-bond acceptors (Lipinski definition) is 3. The second-order valence-corrected chi connectivity index (χ2v) is 5.16. The summed E-state index contributed by atoms with van der Waals surface area (Å²) >= 11 is 1.56. The molecule has 1 heterocycles. The van der Waals surface area contributed by atoms with Gasteiger partial charge in [0.2, 0.25) is 0 Å². The third-order valence-electron chi connectivity index (χ3n) is 2.49. The molecular weight excluding hydrogens is 236 g/mol. The van der Waals surface area contributed by atoms with Crippen molar-refractivity contribution in [2.24, 2.45) is 0 Å². The number of rotatable bonds is 6. The van der Waals surface area contributed by atoms with Crippen LogP contribution in [0.2, 0.25) is 0 Å². The van der Waals surface area contributed by atoms with Crippen molar-refractivity contribution in [3.05, 3.63) is 24.0 Å². The van der Waals surface area contributed by atoms with Gasteiger partial charge < -0.3 is 15.0 Å². The summed E-state index contributed by atoms with van der Waals surface area (Å²) in [7, 11) is 0. The molecule has 0 saturated heterocycles. The number of hydrogen-bond donors (Lipinski definition) is 2. The predicted octanol–water partition coefficient (Wildman–Crippen LogP) is 1.35. The van der Waals surface area contributed by atoms with Gasteiger partial charge in [-0.25, -0.2) is 0 Å². The van der Waals surface area contributed by atoms with E-state index in [-0.39, 0.29) is 12.5 Å². The highest BCUT2D eigenvalue weighted by Gasteiger charge is 2.21. The van der Waals surface area contributed by atoms with Crippen molar-refractivity contribution in [2.45, 2.75) is 26.0 Å². The Morgan fingerprint density at radius 2 is 2.35 bits per heavy atom. The van der Waals surface area contributed by atoms with Crippen LogP contribution in [0.1, 0.15) is 24.3 Å². The summed E-state index contributed by atoms with van der Waals surface area (Å²) in [4.78, 5) is 11.9. The summed E-state index contributed by atoms with van der Waals surface area (Å²) in [5, 5.41) is 12.7. The van der Waals surface area contributed by atoms with E-state index in [2.05, 4.69) is 5.32 Å². The molecule has 0 aromatic carbocycles. The Balaban J connectivity index is 2.56. The fourth-order valence-electron chi connectivity index (χ4n) is 1.62. The van der Waals surface area contributed by atoms with Crippen LogP contribution in [-0.4, -0.2) is 39.7 Å². The lowest BCUT2D eigenvalue weighted by molar-refractivity contribution is 0.0720. The smallest absolute Gasteiger partial charge is 0.268 e. The van der Waals surface area contributed by atoms with Crippen LogP contribution in [0.5, 0.6) is 0 Å². The molecule has 4 nitrogen and oxygen atoms in total. The minimum Gasteiger partial charge on any atom is -0.387 e. The van der Waals surface area contributed by atoms with E-state index >= 15 is 0 Å². The maximum absolute atomic E-state index is 11.9. The topological polar surface area (TPSA) is 54.3 Å². The van der Waals surface area contributed by atoms with Gasteiger partial charge in [0, 0.05) is 25.0 Å². The lowest BCUT2D eigenvalue weighted by Crippen LogP contribution is -2.42. The van der Waals surface area contributed by atoms with E-state index in [1.54, 1.807) is 24.8 Å². The number of thioether (sulfide) groups is 1. The number of amides is 1. The van der Waals surface area contributed by atoms with E-state index in [9.17, 15) is 9.90 Å². The van der Waals surface area contributed by atoms with Crippen LogP contribution in [0.25, 0.3) is 0 Å². The molecule has 0 spiro atoms.